The fourth-order valence-electron chi connectivity index (χ4n) is 3.80. The van der Waals surface area contributed by atoms with Gasteiger partial charge in [-0.3, -0.25) is 4.90 Å². The van der Waals surface area contributed by atoms with Gasteiger partial charge in [-0.25, -0.2) is 0 Å². The van der Waals surface area contributed by atoms with E-state index in [0.29, 0.717) is 11.7 Å². The highest BCUT2D eigenvalue weighted by atomic mass is 16.5. The molecule has 1 atom stereocenters. The second kappa shape index (κ2) is 3.69. The number of rotatable bonds is 2. The number of hydrogen-bond acceptors (Lipinski definition) is 3. The maximum absolute atomic E-state index is 6.30. The van der Waals surface area contributed by atoms with Crippen LogP contribution in [0.2, 0.25) is 0 Å². The second-order valence-electron chi connectivity index (χ2n) is 6.49. The van der Waals surface area contributed by atoms with E-state index in [9.17, 15) is 0 Å². The van der Waals surface area contributed by atoms with Crippen LogP contribution in [0.5, 0.6) is 0 Å². The molecule has 0 bridgehead atoms. The van der Waals surface area contributed by atoms with Gasteiger partial charge in [-0.1, -0.05) is 12.8 Å². The summed E-state index contributed by atoms with van der Waals surface area (Å²) in [6.45, 7) is 5.33. The minimum atomic E-state index is 0.0592. The van der Waals surface area contributed by atoms with Crippen LogP contribution in [0.25, 0.3) is 0 Å². The Bertz CT molecular complexity index is 263. The van der Waals surface area contributed by atoms with E-state index in [2.05, 4.69) is 11.8 Å². The summed E-state index contributed by atoms with van der Waals surface area (Å²) in [7, 11) is 0. The first-order valence-corrected chi connectivity index (χ1v) is 6.76. The van der Waals surface area contributed by atoms with Gasteiger partial charge in [0.25, 0.3) is 0 Å². The molecule has 1 aliphatic carbocycles. The van der Waals surface area contributed by atoms with Crippen LogP contribution in [-0.2, 0) is 4.74 Å². The summed E-state index contributed by atoms with van der Waals surface area (Å²) in [6.07, 6.45) is 8.39. The van der Waals surface area contributed by atoms with Crippen LogP contribution in [0, 0.1) is 0 Å². The Labute approximate surface area is 98.3 Å². The Balaban J connectivity index is 1.48. The van der Waals surface area contributed by atoms with Gasteiger partial charge in [0, 0.05) is 25.2 Å². The Kier molecular flexibility index (Phi) is 2.54. The predicted octanol–water partition coefficient (Wildman–Crippen LogP) is 1.51. The molecule has 1 saturated carbocycles. The quantitative estimate of drug-likeness (QED) is 0.772. The first-order valence-electron chi connectivity index (χ1n) is 6.76. The smallest absolute Gasteiger partial charge is 0.0710 e. The summed E-state index contributed by atoms with van der Waals surface area (Å²) >= 11 is 0. The molecule has 1 spiro atoms. The molecule has 1 unspecified atom stereocenters. The van der Waals surface area contributed by atoms with Gasteiger partial charge in [0.05, 0.1) is 11.7 Å². The number of nitrogens with two attached hydrogens (primary N) is 1. The van der Waals surface area contributed by atoms with Crippen LogP contribution < -0.4 is 5.73 Å². The third kappa shape index (κ3) is 2.01. The average Bonchev–Trinajstić information content (AvgIpc) is 2.75. The molecule has 16 heavy (non-hydrogen) atoms. The van der Waals surface area contributed by atoms with Gasteiger partial charge in [0.2, 0.25) is 0 Å². The van der Waals surface area contributed by atoms with Gasteiger partial charge < -0.3 is 10.5 Å². The van der Waals surface area contributed by atoms with Crippen molar-refractivity contribution >= 4 is 0 Å². The summed E-state index contributed by atoms with van der Waals surface area (Å²) in [5.41, 5.74) is 6.37. The van der Waals surface area contributed by atoms with Crippen LogP contribution in [0.1, 0.15) is 45.4 Å². The SMILES string of the molecule is CC1(N)CN(CC2CCC3(CCCC3)O2)C1. The van der Waals surface area contributed by atoms with Crippen molar-refractivity contribution in [2.24, 2.45) is 5.73 Å². The highest BCUT2D eigenvalue weighted by molar-refractivity contribution is 4.99. The van der Waals surface area contributed by atoms with Gasteiger partial charge in [-0.15, -0.1) is 0 Å². The summed E-state index contributed by atoms with van der Waals surface area (Å²) < 4.78 is 6.30. The first kappa shape index (κ1) is 11.0. The van der Waals surface area contributed by atoms with Crippen molar-refractivity contribution in [3.8, 4) is 0 Å². The highest BCUT2D eigenvalue weighted by Crippen LogP contribution is 2.43. The molecule has 92 valence electrons. The maximum Gasteiger partial charge on any atom is 0.0710 e. The molecule has 0 aromatic rings. The van der Waals surface area contributed by atoms with Crippen molar-refractivity contribution in [1.29, 1.82) is 0 Å². The van der Waals surface area contributed by atoms with Gasteiger partial charge in [0.15, 0.2) is 0 Å². The zero-order valence-electron chi connectivity index (χ0n) is 10.4. The predicted molar refractivity (Wildman–Crippen MR) is 64.3 cm³/mol. The zero-order chi connectivity index (χ0) is 11.2. The van der Waals surface area contributed by atoms with E-state index in [1.54, 1.807) is 0 Å². The van der Waals surface area contributed by atoms with E-state index in [1.165, 1.54) is 38.5 Å². The first-order chi connectivity index (χ1) is 7.57. The van der Waals surface area contributed by atoms with Crippen LogP contribution in [0.15, 0.2) is 0 Å². The van der Waals surface area contributed by atoms with Gasteiger partial charge in [-0.2, -0.15) is 0 Å². The average molecular weight is 224 g/mol. The minimum absolute atomic E-state index is 0.0592. The molecule has 3 nitrogen and oxygen atoms in total. The molecule has 2 saturated heterocycles. The van der Waals surface area contributed by atoms with Crippen LogP contribution in [0.3, 0.4) is 0 Å². The molecule has 2 heterocycles. The molecule has 0 aromatic carbocycles. The van der Waals surface area contributed by atoms with Gasteiger partial charge in [-0.05, 0) is 32.6 Å². The molecule has 2 N–H and O–H groups in total. The lowest BCUT2D eigenvalue weighted by Crippen LogP contribution is -2.66. The van der Waals surface area contributed by atoms with Crippen LogP contribution >= 0.6 is 0 Å². The molecular formula is C13H24N2O. The molecule has 3 fully saturated rings. The second-order valence-corrected chi connectivity index (χ2v) is 6.49. The summed E-state index contributed by atoms with van der Waals surface area (Å²) in [6, 6.07) is 0. The molecular weight excluding hydrogens is 200 g/mol. The molecule has 2 aliphatic heterocycles. The molecule has 0 amide bonds. The fourth-order valence-corrected chi connectivity index (χ4v) is 3.80. The molecule has 0 aromatic heterocycles. The van der Waals surface area contributed by atoms with Crippen molar-refractivity contribution in [2.75, 3.05) is 19.6 Å². The van der Waals surface area contributed by atoms with E-state index >= 15 is 0 Å². The molecule has 3 heteroatoms. The summed E-state index contributed by atoms with van der Waals surface area (Å²) in [4.78, 5) is 2.44. The lowest BCUT2D eigenvalue weighted by atomic mass is 9.93. The Hall–Kier alpha value is -0.120. The Morgan fingerprint density at radius 1 is 1.25 bits per heavy atom. The molecule has 3 rings (SSSR count). The normalized spacial score (nSPS) is 36.8. The van der Waals surface area contributed by atoms with Gasteiger partial charge in [0.1, 0.15) is 0 Å². The Morgan fingerprint density at radius 2 is 1.94 bits per heavy atom. The Morgan fingerprint density at radius 3 is 2.56 bits per heavy atom. The number of ether oxygens (including phenoxy) is 1. The number of likely N-dealkylation sites (tertiary alicyclic amines) is 1. The summed E-state index contributed by atoms with van der Waals surface area (Å²) in [5, 5.41) is 0. The van der Waals surface area contributed by atoms with E-state index in [4.69, 9.17) is 10.5 Å². The lowest BCUT2D eigenvalue weighted by molar-refractivity contribution is -0.0609. The third-order valence-corrected chi connectivity index (χ3v) is 4.48. The van der Waals surface area contributed by atoms with Crippen LogP contribution in [0.4, 0.5) is 0 Å². The van der Waals surface area contributed by atoms with E-state index in [1.807, 2.05) is 0 Å². The van der Waals surface area contributed by atoms with E-state index in [0.717, 1.165) is 19.6 Å². The largest absolute Gasteiger partial charge is 0.370 e. The van der Waals surface area contributed by atoms with E-state index in [-0.39, 0.29) is 5.54 Å². The van der Waals surface area contributed by atoms with Gasteiger partial charge >= 0.3 is 0 Å². The lowest BCUT2D eigenvalue weighted by Gasteiger charge is -2.46. The molecule has 3 aliphatic rings. The number of nitrogens with zero attached hydrogens (tertiary/aromatic N) is 1. The van der Waals surface area contributed by atoms with Crippen molar-refractivity contribution in [1.82, 2.24) is 4.90 Å². The van der Waals surface area contributed by atoms with Crippen molar-refractivity contribution in [3.05, 3.63) is 0 Å². The summed E-state index contributed by atoms with van der Waals surface area (Å²) in [5.74, 6) is 0. The monoisotopic (exact) mass is 224 g/mol. The maximum atomic E-state index is 6.30. The van der Waals surface area contributed by atoms with Crippen molar-refractivity contribution in [3.63, 3.8) is 0 Å². The van der Waals surface area contributed by atoms with Crippen molar-refractivity contribution < 1.29 is 4.74 Å². The third-order valence-electron chi connectivity index (χ3n) is 4.48. The highest BCUT2D eigenvalue weighted by Gasteiger charge is 2.44. The number of hydrogen-bond donors (Lipinski definition) is 1. The van der Waals surface area contributed by atoms with E-state index < -0.39 is 0 Å². The fraction of sp³-hybridized carbons (Fsp3) is 1.00. The van der Waals surface area contributed by atoms with Crippen molar-refractivity contribution in [2.45, 2.75) is 62.7 Å². The standard InChI is InChI=1S/C13H24N2O/c1-12(14)9-15(10-12)8-11-4-7-13(16-11)5-2-3-6-13/h11H,2-10,14H2,1H3. The zero-order valence-corrected chi connectivity index (χ0v) is 10.4. The van der Waals surface area contributed by atoms with Crippen LogP contribution in [-0.4, -0.2) is 41.8 Å². The minimum Gasteiger partial charge on any atom is -0.370 e. The topological polar surface area (TPSA) is 38.5 Å². The molecule has 0 radical (unpaired) electrons.